The molecule has 2 aromatic carbocycles. The topological polar surface area (TPSA) is 34.9 Å². The number of fused-ring (bicyclic) bond motifs is 1. The van der Waals surface area contributed by atoms with E-state index in [0.29, 0.717) is 0 Å². The molecule has 3 rings (SSSR count). The van der Waals surface area contributed by atoms with E-state index in [-0.39, 0.29) is 5.69 Å². The van der Waals surface area contributed by atoms with Gasteiger partial charge >= 0.3 is 5.69 Å². The van der Waals surface area contributed by atoms with E-state index in [9.17, 15) is 4.79 Å². The molecule has 0 aliphatic carbocycles. The summed E-state index contributed by atoms with van der Waals surface area (Å²) in [5.41, 5.74) is 2.18. The summed E-state index contributed by atoms with van der Waals surface area (Å²) in [5, 5.41) is 0.978. The summed E-state index contributed by atoms with van der Waals surface area (Å²) in [4.78, 5) is 16.3. The molecule has 94 valence electrons. The molecular weight excluding hydrogens is 304 g/mol. The fourth-order valence-electron chi connectivity index (χ4n) is 2.18. The quantitative estimate of drug-likeness (QED) is 0.689. The van der Waals surface area contributed by atoms with E-state index < -0.39 is 0 Å². The molecule has 0 saturated carbocycles. The summed E-state index contributed by atoms with van der Waals surface area (Å²) in [6.45, 7) is 1.85. The lowest BCUT2D eigenvalue weighted by molar-refractivity contribution is 0.940. The Kier molecular flexibility index (Phi) is 2.95. The lowest BCUT2D eigenvalue weighted by atomic mass is 10.2. The maximum absolute atomic E-state index is 12.2. The molecule has 1 heterocycles. The van der Waals surface area contributed by atoms with Crippen LogP contribution in [0.25, 0.3) is 16.6 Å². The van der Waals surface area contributed by atoms with Gasteiger partial charge in [0.2, 0.25) is 0 Å². The smallest absolute Gasteiger partial charge is 0.260 e. The number of aromatic nitrogens is 2. The minimum atomic E-state index is -0.255. The van der Waals surface area contributed by atoms with Gasteiger partial charge in [0, 0.05) is 9.86 Å². The first-order chi connectivity index (χ1) is 9.16. The van der Waals surface area contributed by atoms with Crippen LogP contribution in [0, 0.1) is 6.92 Å². The standard InChI is InChI=1S/C15H11BrN2O/c1-10-13-8-7-11(16)9-14(13)18(15(19)17-10)12-5-3-2-4-6-12/h2-9H,1H3. The first-order valence-electron chi connectivity index (χ1n) is 5.91. The van der Waals surface area contributed by atoms with Crippen molar-refractivity contribution >= 4 is 26.8 Å². The van der Waals surface area contributed by atoms with Gasteiger partial charge in [0.05, 0.1) is 16.9 Å². The van der Waals surface area contributed by atoms with Crippen molar-refractivity contribution in [1.29, 1.82) is 0 Å². The Hall–Kier alpha value is -1.94. The minimum absolute atomic E-state index is 0.255. The number of halogens is 1. The molecule has 0 unspecified atom stereocenters. The summed E-state index contributed by atoms with van der Waals surface area (Å²) in [6, 6.07) is 15.4. The van der Waals surface area contributed by atoms with Gasteiger partial charge in [0.15, 0.2) is 0 Å². The van der Waals surface area contributed by atoms with Crippen LogP contribution >= 0.6 is 15.9 Å². The Morgan fingerprint density at radius 1 is 1.11 bits per heavy atom. The average Bonchev–Trinajstić information content (AvgIpc) is 2.39. The highest BCUT2D eigenvalue weighted by Gasteiger charge is 2.09. The van der Waals surface area contributed by atoms with Crippen molar-refractivity contribution in [3.63, 3.8) is 0 Å². The summed E-state index contributed by atoms with van der Waals surface area (Å²) in [6.07, 6.45) is 0. The third-order valence-corrected chi connectivity index (χ3v) is 3.55. The highest BCUT2D eigenvalue weighted by atomic mass is 79.9. The Labute approximate surface area is 118 Å². The van der Waals surface area contributed by atoms with Crippen LogP contribution in [-0.4, -0.2) is 9.55 Å². The summed E-state index contributed by atoms with van der Waals surface area (Å²) < 4.78 is 2.57. The predicted molar refractivity (Wildman–Crippen MR) is 79.8 cm³/mol. The maximum Gasteiger partial charge on any atom is 0.352 e. The molecule has 0 spiro atoms. The number of rotatable bonds is 1. The number of aryl methyl sites for hydroxylation is 1. The van der Waals surface area contributed by atoms with Gasteiger partial charge in [-0.25, -0.2) is 4.79 Å². The van der Waals surface area contributed by atoms with E-state index in [1.54, 1.807) is 4.57 Å². The second-order valence-corrected chi connectivity index (χ2v) is 5.23. The Bertz CT molecular complexity index is 809. The van der Waals surface area contributed by atoms with Crippen LogP contribution in [0.4, 0.5) is 0 Å². The van der Waals surface area contributed by atoms with Crippen molar-refractivity contribution in [2.45, 2.75) is 6.92 Å². The number of nitrogens with zero attached hydrogens (tertiary/aromatic N) is 2. The maximum atomic E-state index is 12.2. The van der Waals surface area contributed by atoms with Crippen molar-refractivity contribution in [2.75, 3.05) is 0 Å². The average molecular weight is 315 g/mol. The summed E-state index contributed by atoms with van der Waals surface area (Å²) in [5.74, 6) is 0. The van der Waals surface area contributed by atoms with Gasteiger partial charge in [-0.05, 0) is 37.3 Å². The highest BCUT2D eigenvalue weighted by Crippen LogP contribution is 2.22. The zero-order valence-corrected chi connectivity index (χ0v) is 11.9. The van der Waals surface area contributed by atoms with Crippen molar-refractivity contribution in [2.24, 2.45) is 0 Å². The number of hydrogen-bond donors (Lipinski definition) is 0. The van der Waals surface area contributed by atoms with Crippen LogP contribution < -0.4 is 5.69 Å². The summed E-state index contributed by atoms with van der Waals surface area (Å²) in [7, 11) is 0. The van der Waals surface area contributed by atoms with Crippen molar-refractivity contribution in [1.82, 2.24) is 9.55 Å². The highest BCUT2D eigenvalue weighted by molar-refractivity contribution is 9.10. The molecule has 1 aromatic heterocycles. The molecule has 0 atom stereocenters. The van der Waals surface area contributed by atoms with Crippen LogP contribution in [0.5, 0.6) is 0 Å². The van der Waals surface area contributed by atoms with Gasteiger partial charge in [0.1, 0.15) is 0 Å². The molecule has 3 aromatic rings. The third kappa shape index (κ3) is 2.08. The van der Waals surface area contributed by atoms with Crippen molar-refractivity contribution < 1.29 is 0 Å². The Morgan fingerprint density at radius 3 is 2.58 bits per heavy atom. The molecule has 0 aliphatic rings. The molecule has 0 fully saturated rings. The van der Waals surface area contributed by atoms with Gasteiger partial charge in [-0.2, -0.15) is 4.98 Å². The van der Waals surface area contributed by atoms with E-state index in [1.807, 2.05) is 55.5 Å². The second kappa shape index (κ2) is 4.63. The molecule has 0 saturated heterocycles. The van der Waals surface area contributed by atoms with Crippen LogP contribution in [0.1, 0.15) is 5.69 Å². The molecular formula is C15H11BrN2O. The zero-order chi connectivity index (χ0) is 13.4. The van der Waals surface area contributed by atoms with Gasteiger partial charge in [-0.15, -0.1) is 0 Å². The molecule has 19 heavy (non-hydrogen) atoms. The normalized spacial score (nSPS) is 10.8. The van der Waals surface area contributed by atoms with E-state index in [2.05, 4.69) is 20.9 Å². The monoisotopic (exact) mass is 314 g/mol. The molecule has 0 N–H and O–H groups in total. The Balaban J connectivity index is 2.48. The van der Waals surface area contributed by atoms with E-state index >= 15 is 0 Å². The molecule has 3 nitrogen and oxygen atoms in total. The minimum Gasteiger partial charge on any atom is -0.260 e. The summed E-state index contributed by atoms with van der Waals surface area (Å²) >= 11 is 3.45. The Morgan fingerprint density at radius 2 is 1.84 bits per heavy atom. The van der Waals surface area contributed by atoms with Gasteiger partial charge in [-0.1, -0.05) is 34.1 Å². The fraction of sp³-hybridized carbons (Fsp3) is 0.0667. The van der Waals surface area contributed by atoms with E-state index in [0.717, 1.165) is 26.8 Å². The fourth-order valence-corrected chi connectivity index (χ4v) is 2.53. The second-order valence-electron chi connectivity index (χ2n) is 4.31. The van der Waals surface area contributed by atoms with E-state index in [1.165, 1.54) is 0 Å². The molecule has 4 heteroatoms. The molecule has 0 amide bonds. The molecule has 0 aliphatic heterocycles. The van der Waals surface area contributed by atoms with Crippen LogP contribution in [0.3, 0.4) is 0 Å². The first-order valence-corrected chi connectivity index (χ1v) is 6.70. The third-order valence-electron chi connectivity index (χ3n) is 3.06. The lowest BCUT2D eigenvalue weighted by Crippen LogP contribution is -2.22. The zero-order valence-electron chi connectivity index (χ0n) is 10.3. The molecule has 0 bridgehead atoms. The van der Waals surface area contributed by atoms with Crippen molar-refractivity contribution in [3.8, 4) is 5.69 Å². The van der Waals surface area contributed by atoms with Gasteiger partial charge < -0.3 is 0 Å². The SMILES string of the molecule is Cc1nc(=O)n(-c2ccccc2)c2cc(Br)ccc12. The van der Waals surface area contributed by atoms with Crippen LogP contribution in [0.2, 0.25) is 0 Å². The number of benzene rings is 2. The van der Waals surface area contributed by atoms with Gasteiger partial charge in [-0.3, -0.25) is 4.57 Å². The number of para-hydroxylation sites is 1. The van der Waals surface area contributed by atoms with Gasteiger partial charge in [0.25, 0.3) is 0 Å². The predicted octanol–water partition coefficient (Wildman–Crippen LogP) is 3.46. The van der Waals surface area contributed by atoms with Crippen LogP contribution in [0.15, 0.2) is 57.8 Å². The number of hydrogen-bond acceptors (Lipinski definition) is 2. The van der Waals surface area contributed by atoms with Crippen LogP contribution in [-0.2, 0) is 0 Å². The molecule has 0 radical (unpaired) electrons. The largest absolute Gasteiger partial charge is 0.352 e. The van der Waals surface area contributed by atoms with E-state index in [4.69, 9.17) is 0 Å². The van der Waals surface area contributed by atoms with Crippen molar-refractivity contribution in [3.05, 3.63) is 69.2 Å². The lowest BCUT2D eigenvalue weighted by Gasteiger charge is -2.11. The first kappa shape index (κ1) is 12.1.